The van der Waals surface area contributed by atoms with Crippen molar-refractivity contribution in [1.29, 1.82) is 0 Å². The summed E-state index contributed by atoms with van der Waals surface area (Å²) in [6.07, 6.45) is 0. The Bertz CT molecular complexity index is 686. The summed E-state index contributed by atoms with van der Waals surface area (Å²) in [7, 11) is 1.64. The van der Waals surface area contributed by atoms with Crippen molar-refractivity contribution in [2.24, 2.45) is 0 Å². The van der Waals surface area contributed by atoms with Crippen molar-refractivity contribution in [3.63, 3.8) is 0 Å². The van der Waals surface area contributed by atoms with E-state index < -0.39 is 11.7 Å². The molecule has 1 aromatic carbocycles. The lowest BCUT2D eigenvalue weighted by molar-refractivity contribution is 0.0735. The van der Waals surface area contributed by atoms with Gasteiger partial charge in [-0.1, -0.05) is 11.6 Å². The second-order valence-corrected chi connectivity index (χ2v) is 6.73. The number of hydrogen-bond acceptors (Lipinski definition) is 3. The van der Waals surface area contributed by atoms with E-state index in [9.17, 15) is 9.18 Å². The van der Waals surface area contributed by atoms with Gasteiger partial charge < -0.3 is 4.90 Å². The molecule has 1 amide bonds. The van der Waals surface area contributed by atoms with Gasteiger partial charge in [-0.2, -0.15) is 0 Å². The Morgan fingerprint density at radius 1 is 1.43 bits per heavy atom. The molecule has 21 heavy (non-hydrogen) atoms. The van der Waals surface area contributed by atoms with Crippen LogP contribution in [-0.4, -0.2) is 22.8 Å². The molecular formula is C15H16ClFN2OS. The van der Waals surface area contributed by atoms with E-state index in [2.05, 4.69) is 4.98 Å². The fraction of sp³-hybridized carbons (Fsp3) is 0.333. The molecule has 6 heteroatoms. The first-order valence-corrected chi connectivity index (χ1v) is 7.67. The predicted octanol–water partition coefficient (Wildman–Crippen LogP) is 4.39. The lowest BCUT2D eigenvalue weighted by Gasteiger charge is -2.24. The van der Waals surface area contributed by atoms with Crippen LogP contribution in [0.2, 0.25) is 5.02 Å². The highest BCUT2D eigenvalue weighted by atomic mass is 35.5. The minimum atomic E-state index is -0.574. The summed E-state index contributed by atoms with van der Waals surface area (Å²) in [6, 6.07) is 3.74. The molecule has 2 aromatic rings. The van der Waals surface area contributed by atoms with Gasteiger partial charge in [0.1, 0.15) is 5.82 Å². The molecule has 1 heterocycles. The van der Waals surface area contributed by atoms with Crippen LogP contribution in [0.3, 0.4) is 0 Å². The average molecular weight is 327 g/mol. The molecule has 0 bridgehead atoms. The van der Waals surface area contributed by atoms with Crippen LogP contribution in [0.5, 0.6) is 0 Å². The quantitative estimate of drug-likeness (QED) is 0.838. The van der Waals surface area contributed by atoms with Crippen LogP contribution in [-0.2, 0) is 0 Å². The Morgan fingerprint density at radius 2 is 2.10 bits per heavy atom. The van der Waals surface area contributed by atoms with Gasteiger partial charge in [-0.15, -0.1) is 11.3 Å². The molecule has 2 rings (SSSR count). The van der Waals surface area contributed by atoms with E-state index >= 15 is 0 Å². The second kappa shape index (κ2) is 6.12. The van der Waals surface area contributed by atoms with Crippen LogP contribution in [0.1, 0.15) is 38.9 Å². The lowest BCUT2D eigenvalue weighted by Crippen LogP contribution is -2.30. The highest BCUT2D eigenvalue weighted by Gasteiger charge is 2.24. The molecule has 0 aliphatic carbocycles. The molecule has 0 aliphatic rings. The van der Waals surface area contributed by atoms with Crippen molar-refractivity contribution in [3.8, 4) is 0 Å². The third kappa shape index (κ3) is 3.24. The predicted molar refractivity (Wildman–Crippen MR) is 83.5 cm³/mol. The highest BCUT2D eigenvalue weighted by Crippen LogP contribution is 2.27. The molecular weight excluding hydrogens is 311 g/mol. The summed E-state index contributed by atoms with van der Waals surface area (Å²) in [5, 5.41) is 1.28. The van der Waals surface area contributed by atoms with Crippen molar-refractivity contribution < 1.29 is 9.18 Å². The van der Waals surface area contributed by atoms with E-state index in [4.69, 9.17) is 11.6 Å². The van der Waals surface area contributed by atoms with E-state index in [1.807, 2.05) is 20.8 Å². The topological polar surface area (TPSA) is 33.2 Å². The Kier molecular flexibility index (Phi) is 4.64. The van der Waals surface area contributed by atoms with E-state index in [1.54, 1.807) is 18.4 Å². The maximum Gasteiger partial charge on any atom is 0.257 e. The molecule has 1 aromatic heterocycles. The number of nitrogens with zero attached hydrogens (tertiary/aromatic N) is 2. The zero-order valence-corrected chi connectivity index (χ0v) is 13.8. The number of amides is 1. The molecule has 0 aliphatic heterocycles. The molecule has 1 atom stereocenters. The van der Waals surface area contributed by atoms with Crippen molar-refractivity contribution in [3.05, 3.63) is 50.2 Å². The minimum Gasteiger partial charge on any atom is -0.333 e. The van der Waals surface area contributed by atoms with Crippen LogP contribution in [0.4, 0.5) is 4.39 Å². The smallest absolute Gasteiger partial charge is 0.257 e. The molecule has 0 fully saturated rings. The third-order valence-electron chi connectivity index (χ3n) is 3.40. The zero-order valence-electron chi connectivity index (χ0n) is 12.3. The van der Waals surface area contributed by atoms with Crippen LogP contribution >= 0.6 is 22.9 Å². The first kappa shape index (κ1) is 15.9. The number of carbonyl (C=O) groups is 1. The Hall–Kier alpha value is -1.46. The zero-order chi connectivity index (χ0) is 15.7. The SMILES string of the molecule is Cc1nc([C@@H](C)N(C)C(=O)c2cc(Cl)ccc2F)c(C)s1. The van der Waals surface area contributed by atoms with Crippen molar-refractivity contribution in [2.75, 3.05) is 7.05 Å². The number of halogens is 2. The van der Waals surface area contributed by atoms with Crippen molar-refractivity contribution in [1.82, 2.24) is 9.88 Å². The lowest BCUT2D eigenvalue weighted by atomic mass is 10.1. The fourth-order valence-corrected chi connectivity index (χ4v) is 3.22. The maximum absolute atomic E-state index is 13.8. The van der Waals surface area contributed by atoms with Gasteiger partial charge in [-0.05, 0) is 39.0 Å². The Morgan fingerprint density at radius 3 is 2.67 bits per heavy atom. The van der Waals surface area contributed by atoms with Gasteiger partial charge in [-0.25, -0.2) is 9.37 Å². The van der Waals surface area contributed by atoms with Crippen molar-refractivity contribution >= 4 is 28.8 Å². The van der Waals surface area contributed by atoms with Crippen LogP contribution < -0.4 is 0 Å². The molecule has 0 saturated carbocycles. The normalized spacial score (nSPS) is 12.3. The van der Waals surface area contributed by atoms with Crippen LogP contribution in [0.25, 0.3) is 0 Å². The van der Waals surface area contributed by atoms with Gasteiger partial charge in [0, 0.05) is 16.9 Å². The number of hydrogen-bond donors (Lipinski definition) is 0. The van der Waals surface area contributed by atoms with Crippen molar-refractivity contribution in [2.45, 2.75) is 26.8 Å². The fourth-order valence-electron chi connectivity index (χ4n) is 2.14. The molecule has 0 spiro atoms. The van der Waals surface area contributed by atoms with Gasteiger partial charge in [0.05, 0.1) is 22.3 Å². The van der Waals surface area contributed by atoms with Crippen LogP contribution in [0.15, 0.2) is 18.2 Å². The maximum atomic E-state index is 13.8. The van der Waals surface area contributed by atoms with Gasteiger partial charge in [-0.3, -0.25) is 4.79 Å². The molecule has 3 nitrogen and oxygen atoms in total. The molecule has 0 saturated heterocycles. The largest absolute Gasteiger partial charge is 0.333 e. The average Bonchev–Trinajstić information content (AvgIpc) is 2.78. The number of aromatic nitrogens is 1. The summed E-state index contributed by atoms with van der Waals surface area (Å²) in [6.45, 7) is 5.77. The number of aryl methyl sites for hydroxylation is 2. The number of benzene rings is 1. The van der Waals surface area contributed by atoms with Crippen LogP contribution in [0, 0.1) is 19.7 Å². The van der Waals surface area contributed by atoms with Gasteiger partial charge in [0.2, 0.25) is 0 Å². The van der Waals surface area contributed by atoms with Gasteiger partial charge in [0.15, 0.2) is 0 Å². The van der Waals surface area contributed by atoms with Gasteiger partial charge in [0.25, 0.3) is 5.91 Å². The van der Waals surface area contributed by atoms with Gasteiger partial charge >= 0.3 is 0 Å². The molecule has 0 N–H and O–H groups in total. The summed E-state index contributed by atoms with van der Waals surface area (Å²) < 4.78 is 13.8. The van der Waals surface area contributed by atoms with E-state index in [0.717, 1.165) is 15.6 Å². The van der Waals surface area contributed by atoms with E-state index in [0.29, 0.717) is 5.02 Å². The third-order valence-corrected chi connectivity index (χ3v) is 4.53. The first-order chi connectivity index (χ1) is 9.81. The molecule has 112 valence electrons. The summed E-state index contributed by atoms with van der Waals surface area (Å²) in [5.41, 5.74) is 0.817. The summed E-state index contributed by atoms with van der Waals surface area (Å²) >= 11 is 7.43. The summed E-state index contributed by atoms with van der Waals surface area (Å²) in [5.74, 6) is -0.984. The Labute approximate surface area is 132 Å². The molecule has 0 unspecified atom stereocenters. The highest BCUT2D eigenvalue weighted by molar-refractivity contribution is 7.11. The standard InChI is InChI=1S/C15H16ClFN2OS/c1-8(14-9(2)21-10(3)18-14)19(4)15(20)12-7-11(16)5-6-13(12)17/h5-8H,1-4H3/t8-/m1/s1. The molecule has 0 radical (unpaired) electrons. The first-order valence-electron chi connectivity index (χ1n) is 6.47. The summed E-state index contributed by atoms with van der Waals surface area (Å²) in [4.78, 5) is 19.4. The number of thiazole rings is 1. The van der Waals surface area contributed by atoms with E-state index in [1.165, 1.54) is 23.1 Å². The van der Waals surface area contributed by atoms with E-state index in [-0.39, 0.29) is 11.6 Å². The Balaban J connectivity index is 2.30. The second-order valence-electron chi connectivity index (χ2n) is 4.89. The number of rotatable bonds is 3. The minimum absolute atomic E-state index is 0.0264. The monoisotopic (exact) mass is 326 g/mol. The number of carbonyl (C=O) groups excluding carboxylic acids is 1.